The van der Waals surface area contributed by atoms with Crippen LogP contribution >= 0.6 is 34.8 Å². The summed E-state index contributed by atoms with van der Waals surface area (Å²) in [5.41, 5.74) is 0.873. The first kappa shape index (κ1) is 15.4. The van der Waals surface area contributed by atoms with E-state index in [1.165, 1.54) is 18.3 Å². The Bertz CT molecular complexity index is 763. The van der Waals surface area contributed by atoms with E-state index in [0.717, 1.165) is 5.56 Å². The first-order valence-corrected chi connectivity index (χ1v) is 8.02. The fourth-order valence-corrected chi connectivity index (χ4v) is 3.48. The maximum Gasteiger partial charge on any atom is 0.264 e. The van der Waals surface area contributed by atoms with Crippen LogP contribution in [0.3, 0.4) is 0 Å². The Labute approximate surface area is 131 Å². The summed E-state index contributed by atoms with van der Waals surface area (Å²) in [6, 6.07) is 6.01. The number of hydrogen-bond donors (Lipinski definition) is 1. The molecule has 0 aliphatic rings. The quantitative estimate of drug-likeness (QED) is 0.845. The number of aromatic nitrogens is 1. The Morgan fingerprint density at radius 2 is 1.80 bits per heavy atom. The lowest BCUT2D eigenvalue weighted by Gasteiger charge is -2.10. The number of anilines is 1. The van der Waals surface area contributed by atoms with Crippen molar-refractivity contribution in [3.8, 4) is 0 Å². The third-order valence-corrected chi connectivity index (χ3v) is 5.25. The molecule has 0 atom stereocenters. The van der Waals surface area contributed by atoms with Crippen molar-refractivity contribution in [3.63, 3.8) is 0 Å². The number of nitrogens with one attached hydrogen (secondary N) is 1. The number of hydrogen-bond acceptors (Lipinski definition) is 3. The van der Waals surface area contributed by atoms with Gasteiger partial charge in [0, 0.05) is 6.20 Å². The van der Waals surface area contributed by atoms with E-state index in [-0.39, 0.29) is 25.8 Å². The molecule has 0 fully saturated rings. The van der Waals surface area contributed by atoms with Gasteiger partial charge < -0.3 is 0 Å². The number of rotatable bonds is 3. The molecule has 2 aromatic rings. The van der Waals surface area contributed by atoms with Gasteiger partial charge in [0.1, 0.15) is 10.7 Å². The summed E-state index contributed by atoms with van der Waals surface area (Å²) in [4.78, 5) is 3.77. The zero-order valence-electron chi connectivity index (χ0n) is 10.2. The molecular formula is C12H9Cl3N2O2S. The molecule has 0 amide bonds. The second-order valence-corrected chi connectivity index (χ2v) is 6.81. The van der Waals surface area contributed by atoms with Gasteiger partial charge >= 0.3 is 0 Å². The smallest absolute Gasteiger partial charge is 0.263 e. The monoisotopic (exact) mass is 350 g/mol. The van der Waals surface area contributed by atoms with Crippen molar-refractivity contribution in [1.82, 2.24) is 4.98 Å². The van der Waals surface area contributed by atoms with Crippen LogP contribution in [-0.2, 0) is 10.0 Å². The summed E-state index contributed by atoms with van der Waals surface area (Å²) >= 11 is 17.5. The van der Waals surface area contributed by atoms with Crippen molar-refractivity contribution in [2.45, 2.75) is 11.8 Å². The largest absolute Gasteiger partial charge is 0.264 e. The maximum absolute atomic E-state index is 12.3. The van der Waals surface area contributed by atoms with E-state index in [4.69, 9.17) is 34.8 Å². The minimum absolute atomic E-state index is 0.00610. The normalized spacial score (nSPS) is 11.4. The van der Waals surface area contributed by atoms with Gasteiger partial charge in [0.25, 0.3) is 10.0 Å². The molecule has 8 heteroatoms. The van der Waals surface area contributed by atoms with Crippen LogP contribution in [0.15, 0.2) is 35.4 Å². The summed E-state index contributed by atoms with van der Waals surface area (Å²) in [7, 11) is -3.89. The fourth-order valence-electron chi connectivity index (χ4n) is 1.50. The summed E-state index contributed by atoms with van der Waals surface area (Å²) in [6.45, 7) is 1.83. The third kappa shape index (κ3) is 3.17. The van der Waals surface area contributed by atoms with Gasteiger partial charge in [-0.05, 0) is 36.8 Å². The molecule has 106 valence electrons. The molecule has 1 aromatic heterocycles. The van der Waals surface area contributed by atoms with Gasteiger partial charge in [0.2, 0.25) is 0 Å². The van der Waals surface area contributed by atoms with Gasteiger partial charge in [-0.25, -0.2) is 13.4 Å². The number of pyridine rings is 1. The molecule has 1 N–H and O–H groups in total. The maximum atomic E-state index is 12.3. The van der Waals surface area contributed by atoms with E-state index in [0.29, 0.717) is 0 Å². The highest BCUT2D eigenvalue weighted by atomic mass is 35.5. The molecule has 20 heavy (non-hydrogen) atoms. The zero-order valence-corrected chi connectivity index (χ0v) is 13.3. The molecule has 1 heterocycles. The topological polar surface area (TPSA) is 59.1 Å². The van der Waals surface area contributed by atoms with Crippen molar-refractivity contribution >= 4 is 50.6 Å². The van der Waals surface area contributed by atoms with Crippen molar-refractivity contribution < 1.29 is 8.42 Å². The average Bonchev–Trinajstić information content (AvgIpc) is 2.35. The van der Waals surface area contributed by atoms with Crippen molar-refractivity contribution in [1.29, 1.82) is 0 Å². The van der Waals surface area contributed by atoms with Crippen LogP contribution in [0, 0.1) is 6.92 Å². The van der Waals surface area contributed by atoms with Crippen LogP contribution in [0.4, 0.5) is 5.82 Å². The second-order valence-electron chi connectivity index (χ2n) is 4.00. The zero-order chi connectivity index (χ0) is 14.9. The molecule has 0 aliphatic heterocycles. The van der Waals surface area contributed by atoms with E-state index >= 15 is 0 Å². The number of nitrogens with zero attached hydrogens (tertiary/aromatic N) is 1. The second kappa shape index (κ2) is 5.77. The Morgan fingerprint density at radius 3 is 2.45 bits per heavy atom. The molecule has 0 saturated heterocycles. The number of benzene rings is 1. The minimum Gasteiger partial charge on any atom is -0.263 e. The Morgan fingerprint density at radius 1 is 1.10 bits per heavy atom. The highest BCUT2D eigenvalue weighted by molar-refractivity contribution is 7.92. The van der Waals surface area contributed by atoms with E-state index in [2.05, 4.69) is 9.71 Å². The Hall–Kier alpha value is -1.01. The summed E-state index contributed by atoms with van der Waals surface area (Å²) in [5.74, 6) is 0.201. The minimum atomic E-state index is -3.89. The average molecular weight is 352 g/mol. The predicted molar refractivity (Wildman–Crippen MR) is 81.3 cm³/mol. The van der Waals surface area contributed by atoms with Crippen LogP contribution < -0.4 is 4.72 Å². The van der Waals surface area contributed by atoms with Gasteiger partial charge in [-0.2, -0.15) is 0 Å². The molecule has 4 nitrogen and oxygen atoms in total. The number of halogens is 3. The van der Waals surface area contributed by atoms with Crippen LogP contribution in [-0.4, -0.2) is 13.4 Å². The molecule has 2 rings (SSSR count). The lowest BCUT2D eigenvalue weighted by Crippen LogP contribution is -2.14. The molecular weight excluding hydrogens is 343 g/mol. The number of sulfonamides is 1. The van der Waals surface area contributed by atoms with Gasteiger partial charge in [-0.3, -0.25) is 4.72 Å². The third-order valence-electron chi connectivity index (χ3n) is 2.44. The van der Waals surface area contributed by atoms with Gasteiger partial charge in [-0.1, -0.05) is 34.8 Å². The van der Waals surface area contributed by atoms with Gasteiger partial charge in [0.15, 0.2) is 0 Å². The summed E-state index contributed by atoms with van der Waals surface area (Å²) in [6.07, 6.45) is 1.50. The van der Waals surface area contributed by atoms with Crippen LogP contribution in [0.5, 0.6) is 0 Å². The molecule has 0 spiro atoms. The lowest BCUT2D eigenvalue weighted by molar-refractivity contribution is 0.601. The van der Waals surface area contributed by atoms with Crippen LogP contribution in [0.2, 0.25) is 15.1 Å². The van der Waals surface area contributed by atoms with E-state index in [1.54, 1.807) is 12.1 Å². The Kier molecular flexibility index (Phi) is 4.44. The van der Waals surface area contributed by atoms with Gasteiger partial charge in [-0.15, -0.1) is 0 Å². The van der Waals surface area contributed by atoms with Crippen LogP contribution in [0.25, 0.3) is 0 Å². The SMILES string of the molecule is Cc1ccnc(NS(=O)(=O)c2ccc(Cl)c(Cl)c2Cl)c1. The number of aryl methyl sites for hydroxylation is 1. The Balaban J connectivity index is 2.44. The van der Waals surface area contributed by atoms with Crippen molar-refractivity contribution in [2.75, 3.05) is 4.72 Å². The first-order chi connectivity index (χ1) is 9.31. The molecule has 0 unspecified atom stereocenters. The van der Waals surface area contributed by atoms with Crippen molar-refractivity contribution in [2.24, 2.45) is 0 Å². The molecule has 0 saturated carbocycles. The fraction of sp³-hybridized carbons (Fsp3) is 0.0833. The van der Waals surface area contributed by atoms with Crippen molar-refractivity contribution in [3.05, 3.63) is 51.1 Å². The highest BCUT2D eigenvalue weighted by Crippen LogP contribution is 2.35. The highest BCUT2D eigenvalue weighted by Gasteiger charge is 2.21. The summed E-state index contributed by atoms with van der Waals surface area (Å²) < 4.78 is 26.9. The van der Waals surface area contributed by atoms with E-state index < -0.39 is 10.0 Å². The van der Waals surface area contributed by atoms with Crippen LogP contribution in [0.1, 0.15) is 5.56 Å². The molecule has 1 aromatic carbocycles. The van der Waals surface area contributed by atoms with E-state index in [1.807, 2.05) is 6.92 Å². The predicted octanol–water partition coefficient (Wildman–Crippen LogP) is 4.15. The molecule has 0 bridgehead atoms. The standard InChI is InChI=1S/C12H9Cl3N2O2S/c1-7-4-5-16-10(6-7)17-20(18,19)9-3-2-8(13)11(14)12(9)15/h2-6H,1H3,(H,16,17). The lowest BCUT2D eigenvalue weighted by atomic mass is 10.3. The molecule has 0 radical (unpaired) electrons. The van der Waals surface area contributed by atoms with Gasteiger partial charge in [0.05, 0.1) is 15.1 Å². The summed E-state index contributed by atoms with van der Waals surface area (Å²) in [5, 5.41) is 0.0528. The first-order valence-electron chi connectivity index (χ1n) is 5.40. The van der Waals surface area contributed by atoms with E-state index in [9.17, 15) is 8.42 Å². The molecule has 0 aliphatic carbocycles.